The third-order valence-electron chi connectivity index (χ3n) is 3.55. The molecule has 0 spiro atoms. The van der Waals surface area contributed by atoms with Gasteiger partial charge >= 0.3 is 5.97 Å². The minimum Gasteiger partial charge on any atom is -0.468 e. The molecule has 0 saturated heterocycles. The molecule has 0 atom stereocenters. The highest BCUT2D eigenvalue weighted by Gasteiger charge is 2.30. The van der Waals surface area contributed by atoms with Crippen LogP contribution >= 0.6 is 0 Å². The zero-order chi connectivity index (χ0) is 13.7. The summed E-state index contributed by atoms with van der Waals surface area (Å²) in [6.45, 7) is 3.86. The molecule has 1 saturated carbocycles. The summed E-state index contributed by atoms with van der Waals surface area (Å²) < 4.78 is 4.63. The highest BCUT2D eigenvalue weighted by atomic mass is 16.5. The second-order valence-electron chi connectivity index (χ2n) is 5.25. The van der Waals surface area contributed by atoms with E-state index in [1.807, 2.05) is 13.8 Å². The minimum atomic E-state index is -0.371. The van der Waals surface area contributed by atoms with E-state index in [-0.39, 0.29) is 36.4 Å². The molecule has 2 N–H and O–H groups in total. The van der Waals surface area contributed by atoms with Crippen LogP contribution in [0.15, 0.2) is 0 Å². The molecule has 1 aliphatic carbocycles. The maximum Gasteiger partial charge on any atom is 0.325 e. The van der Waals surface area contributed by atoms with Gasteiger partial charge in [-0.3, -0.25) is 9.59 Å². The molecule has 5 nitrogen and oxygen atoms in total. The Balaban J connectivity index is 2.62. The largest absolute Gasteiger partial charge is 0.468 e. The van der Waals surface area contributed by atoms with E-state index in [0.717, 1.165) is 25.7 Å². The van der Waals surface area contributed by atoms with Gasteiger partial charge in [-0.2, -0.15) is 0 Å². The van der Waals surface area contributed by atoms with Gasteiger partial charge in [-0.1, -0.05) is 0 Å². The second kappa shape index (κ2) is 6.73. The van der Waals surface area contributed by atoms with Gasteiger partial charge in [-0.15, -0.1) is 0 Å². The number of nitrogens with two attached hydrogens (primary N) is 1. The van der Waals surface area contributed by atoms with Gasteiger partial charge in [-0.25, -0.2) is 0 Å². The predicted molar refractivity (Wildman–Crippen MR) is 68.8 cm³/mol. The van der Waals surface area contributed by atoms with Gasteiger partial charge in [0.15, 0.2) is 0 Å². The monoisotopic (exact) mass is 256 g/mol. The molecule has 1 amide bonds. The Morgan fingerprint density at radius 3 is 2.28 bits per heavy atom. The van der Waals surface area contributed by atoms with E-state index in [1.54, 1.807) is 4.90 Å². The average molecular weight is 256 g/mol. The normalized spacial score (nSPS) is 23.8. The first-order valence-electron chi connectivity index (χ1n) is 6.58. The van der Waals surface area contributed by atoms with Crippen LogP contribution in [0.4, 0.5) is 0 Å². The maximum absolute atomic E-state index is 12.4. The van der Waals surface area contributed by atoms with Crippen LogP contribution in [0.1, 0.15) is 39.5 Å². The molecule has 0 radical (unpaired) electrons. The second-order valence-corrected chi connectivity index (χ2v) is 5.25. The highest BCUT2D eigenvalue weighted by Crippen LogP contribution is 2.25. The van der Waals surface area contributed by atoms with Crippen LogP contribution in [0.25, 0.3) is 0 Å². The van der Waals surface area contributed by atoms with Gasteiger partial charge in [0.05, 0.1) is 7.11 Å². The van der Waals surface area contributed by atoms with Crippen LogP contribution in [-0.4, -0.2) is 42.5 Å². The van der Waals surface area contributed by atoms with Gasteiger partial charge in [0.2, 0.25) is 5.91 Å². The molecule has 0 heterocycles. The quantitative estimate of drug-likeness (QED) is 0.759. The van der Waals surface area contributed by atoms with Crippen LogP contribution in [-0.2, 0) is 14.3 Å². The molecule has 0 aromatic heterocycles. The van der Waals surface area contributed by atoms with Crippen molar-refractivity contribution in [2.45, 2.75) is 51.6 Å². The SMILES string of the molecule is COC(=O)CN(C(=O)C1CCC(N)CC1)C(C)C. The molecule has 1 aliphatic rings. The van der Waals surface area contributed by atoms with Crippen LogP contribution in [0.3, 0.4) is 0 Å². The number of carbonyl (C=O) groups is 2. The van der Waals surface area contributed by atoms with Crippen molar-refractivity contribution in [2.75, 3.05) is 13.7 Å². The summed E-state index contributed by atoms with van der Waals surface area (Å²) in [5, 5.41) is 0. The smallest absolute Gasteiger partial charge is 0.325 e. The summed E-state index contributed by atoms with van der Waals surface area (Å²) in [7, 11) is 1.34. The Morgan fingerprint density at radius 1 is 1.28 bits per heavy atom. The summed E-state index contributed by atoms with van der Waals surface area (Å²) >= 11 is 0. The lowest BCUT2D eigenvalue weighted by Crippen LogP contribution is -2.45. The third-order valence-corrected chi connectivity index (χ3v) is 3.55. The zero-order valence-corrected chi connectivity index (χ0v) is 11.5. The van der Waals surface area contributed by atoms with E-state index < -0.39 is 0 Å². The number of amides is 1. The fourth-order valence-corrected chi connectivity index (χ4v) is 2.32. The number of carbonyl (C=O) groups excluding carboxylic acids is 2. The molecule has 0 aliphatic heterocycles. The summed E-state index contributed by atoms with van der Waals surface area (Å²) in [6.07, 6.45) is 3.43. The number of nitrogens with zero attached hydrogens (tertiary/aromatic N) is 1. The van der Waals surface area contributed by atoms with Crippen LogP contribution in [0.5, 0.6) is 0 Å². The van der Waals surface area contributed by atoms with Gasteiger partial charge in [0.25, 0.3) is 0 Å². The van der Waals surface area contributed by atoms with Crippen molar-refractivity contribution in [2.24, 2.45) is 11.7 Å². The van der Waals surface area contributed by atoms with E-state index in [4.69, 9.17) is 5.73 Å². The van der Waals surface area contributed by atoms with Gasteiger partial charge < -0.3 is 15.4 Å². The Kier molecular flexibility index (Phi) is 5.59. The van der Waals surface area contributed by atoms with Crippen molar-refractivity contribution in [1.29, 1.82) is 0 Å². The average Bonchev–Trinajstić information content (AvgIpc) is 2.35. The summed E-state index contributed by atoms with van der Waals surface area (Å²) in [4.78, 5) is 25.3. The summed E-state index contributed by atoms with van der Waals surface area (Å²) in [6, 6.07) is 0.231. The molecule has 0 unspecified atom stereocenters. The number of hydrogen-bond donors (Lipinski definition) is 1. The summed E-state index contributed by atoms with van der Waals surface area (Å²) in [5.41, 5.74) is 5.84. The van der Waals surface area contributed by atoms with Crippen LogP contribution in [0.2, 0.25) is 0 Å². The molecule has 1 rings (SSSR count). The number of rotatable bonds is 4. The highest BCUT2D eigenvalue weighted by molar-refractivity contribution is 5.84. The van der Waals surface area contributed by atoms with Gasteiger partial charge in [0, 0.05) is 18.0 Å². The molecule has 5 heteroatoms. The minimum absolute atomic E-state index is 0.00667. The molecule has 18 heavy (non-hydrogen) atoms. The van der Waals surface area contributed by atoms with E-state index in [1.165, 1.54) is 7.11 Å². The van der Waals surface area contributed by atoms with Crippen molar-refractivity contribution in [3.63, 3.8) is 0 Å². The molecule has 0 bridgehead atoms. The number of methoxy groups -OCH3 is 1. The Hall–Kier alpha value is -1.10. The lowest BCUT2D eigenvalue weighted by atomic mass is 9.85. The van der Waals surface area contributed by atoms with E-state index in [0.29, 0.717) is 0 Å². The van der Waals surface area contributed by atoms with E-state index in [2.05, 4.69) is 4.74 Å². The third kappa shape index (κ3) is 3.98. The van der Waals surface area contributed by atoms with Crippen molar-refractivity contribution >= 4 is 11.9 Å². The molecular weight excluding hydrogens is 232 g/mol. The van der Waals surface area contributed by atoms with Crippen molar-refractivity contribution in [3.8, 4) is 0 Å². The molecule has 104 valence electrons. The molecule has 0 aromatic carbocycles. The topological polar surface area (TPSA) is 72.6 Å². The fraction of sp³-hybridized carbons (Fsp3) is 0.846. The fourth-order valence-electron chi connectivity index (χ4n) is 2.32. The first-order valence-corrected chi connectivity index (χ1v) is 6.58. The maximum atomic E-state index is 12.4. The van der Waals surface area contributed by atoms with E-state index >= 15 is 0 Å². The number of ether oxygens (including phenoxy) is 1. The van der Waals surface area contributed by atoms with Crippen molar-refractivity contribution in [3.05, 3.63) is 0 Å². The Labute approximate surface area is 109 Å². The van der Waals surface area contributed by atoms with Gasteiger partial charge in [-0.05, 0) is 39.5 Å². The zero-order valence-electron chi connectivity index (χ0n) is 11.5. The van der Waals surface area contributed by atoms with Crippen molar-refractivity contribution < 1.29 is 14.3 Å². The molecular formula is C13H24N2O3. The lowest BCUT2D eigenvalue weighted by molar-refractivity contribution is -0.150. The number of esters is 1. The van der Waals surface area contributed by atoms with Gasteiger partial charge in [0.1, 0.15) is 6.54 Å². The lowest BCUT2D eigenvalue weighted by Gasteiger charge is -2.32. The first-order chi connectivity index (χ1) is 8.45. The standard InChI is InChI=1S/C13H24N2O3/c1-9(2)15(8-12(16)18-3)13(17)10-4-6-11(14)7-5-10/h9-11H,4-8,14H2,1-3H3. The first kappa shape index (κ1) is 15.0. The summed E-state index contributed by atoms with van der Waals surface area (Å²) in [5.74, 6) is -0.302. The Bertz CT molecular complexity index is 297. The predicted octanol–water partition coefficient (Wildman–Crippen LogP) is 0.914. The Morgan fingerprint density at radius 2 is 1.83 bits per heavy atom. The van der Waals surface area contributed by atoms with E-state index in [9.17, 15) is 9.59 Å². The molecule has 1 fully saturated rings. The molecule has 0 aromatic rings. The van der Waals surface area contributed by atoms with Crippen molar-refractivity contribution in [1.82, 2.24) is 4.90 Å². The number of hydrogen-bond acceptors (Lipinski definition) is 4. The van der Waals surface area contributed by atoms with Crippen LogP contribution in [0, 0.1) is 5.92 Å². The van der Waals surface area contributed by atoms with Crippen LogP contribution < -0.4 is 5.73 Å².